The zero-order valence-electron chi connectivity index (χ0n) is 8.51. The zero-order chi connectivity index (χ0) is 11.8. The Morgan fingerprint density at radius 1 is 1.20 bits per heavy atom. The second-order valence-corrected chi connectivity index (χ2v) is 3.51. The first-order valence-electron chi connectivity index (χ1n) is 4.42. The van der Waals surface area contributed by atoms with Gasteiger partial charge < -0.3 is 5.73 Å². The summed E-state index contributed by atoms with van der Waals surface area (Å²) in [6.07, 6.45) is 0. The van der Waals surface area contributed by atoms with E-state index < -0.39 is 30.8 Å². The highest BCUT2D eigenvalue weighted by Gasteiger charge is 2.40. The van der Waals surface area contributed by atoms with Crippen molar-refractivity contribution in [3.8, 4) is 0 Å². The van der Waals surface area contributed by atoms with Crippen molar-refractivity contribution in [3.05, 3.63) is 11.1 Å². The zero-order valence-corrected chi connectivity index (χ0v) is 8.51. The van der Waals surface area contributed by atoms with Crippen LogP contribution >= 0.6 is 0 Å². The maximum atomic E-state index is 12.9. The number of halogens is 2. The molecule has 0 aliphatic carbocycles. The number of carbonyl (C=O) groups excluding carboxylic acids is 2. The quantitative estimate of drug-likeness (QED) is 0.692. The van der Waals surface area contributed by atoms with Gasteiger partial charge in [0.2, 0.25) is 0 Å². The van der Waals surface area contributed by atoms with E-state index in [0.29, 0.717) is 4.90 Å². The summed E-state index contributed by atoms with van der Waals surface area (Å²) in [6.45, 7) is 1.05. The minimum atomic E-state index is -3.23. The van der Waals surface area contributed by atoms with E-state index in [0.717, 1.165) is 0 Å². The van der Waals surface area contributed by atoms with Gasteiger partial charge >= 0.3 is 0 Å². The molecule has 0 spiro atoms. The summed E-state index contributed by atoms with van der Waals surface area (Å²) < 4.78 is 25.8. The fourth-order valence-electron chi connectivity index (χ4n) is 1.26. The lowest BCUT2D eigenvalue weighted by molar-refractivity contribution is -0.143. The Morgan fingerprint density at radius 2 is 1.60 bits per heavy atom. The first kappa shape index (κ1) is 11.8. The molecule has 1 rings (SSSR count). The number of rotatable bonds is 3. The molecule has 0 saturated carbocycles. The van der Waals surface area contributed by atoms with Crippen LogP contribution in [0.3, 0.4) is 0 Å². The van der Waals surface area contributed by atoms with Crippen LogP contribution < -0.4 is 5.73 Å². The molecule has 0 radical (unpaired) electrons. The summed E-state index contributed by atoms with van der Waals surface area (Å²) in [5, 5.41) is 0. The average molecular weight is 218 g/mol. The average Bonchev–Trinajstić information content (AvgIpc) is 2.36. The van der Waals surface area contributed by atoms with Gasteiger partial charge in [0.15, 0.2) is 0 Å². The van der Waals surface area contributed by atoms with Crippen LogP contribution in [0.25, 0.3) is 0 Å². The Hall–Kier alpha value is -1.30. The highest BCUT2D eigenvalue weighted by atomic mass is 19.3. The second-order valence-electron chi connectivity index (χ2n) is 3.51. The Bertz CT molecular complexity index is 326. The van der Waals surface area contributed by atoms with Gasteiger partial charge in [0.05, 0.1) is 13.1 Å². The van der Waals surface area contributed by atoms with E-state index in [-0.39, 0.29) is 11.1 Å². The van der Waals surface area contributed by atoms with Gasteiger partial charge in [0.1, 0.15) is 0 Å². The maximum Gasteiger partial charge on any atom is 0.277 e. The Balaban J connectivity index is 2.85. The molecule has 0 aromatic heterocycles. The first-order valence-corrected chi connectivity index (χ1v) is 4.42. The van der Waals surface area contributed by atoms with Crippen LogP contribution in [0.15, 0.2) is 11.1 Å². The van der Waals surface area contributed by atoms with E-state index in [1.54, 1.807) is 0 Å². The molecule has 84 valence electrons. The highest BCUT2D eigenvalue weighted by molar-refractivity contribution is 6.18. The third-order valence-electron chi connectivity index (χ3n) is 2.38. The molecule has 1 heterocycles. The van der Waals surface area contributed by atoms with Crippen molar-refractivity contribution < 1.29 is 18.4 Å². The lowest BCUT2D eigenvalue weighted by Crippen LogP contribution is -2.45. The highest BCUT2D eigenvalue weighted by Crippen LogP contribution is 2.23. The van der Waals surface area contributed by atoms with Crippen LogP contribution in [0.2, 0.25) is 0 Å². The summed E-state index contributed by atoms with van der Waals surface area (Å²) in [5.74, 6) is -4.55. The third-order valence-corrected chi connectivity index (χ3v) is 2.38. The van der Waals surface area contributed by atoms with Crippen molar-refractivity contribution in [2.24, 2.45) is 5.73 Å². The van der Waals surface area contributed by atoms with Crippen molar-refractivity contribution in [3.63, 3.8) is 0 Å². The van der Waals surface area contributed by atoms with Crippen LogP contribution in [0.1, 0.15) is 13.8 Å². The second kappa shape index (κ2) is 3.69. The van der Waals surface area contributed by atoms with Gasteiger partial charge in [-0.05, 0) is 13.8 Å². The summed E-state index contributed by atoms with van der Waals surface area (Å²) in [4.78, 5) is 23.3. The lowest BCUT2D eigenvalue weighted by Gasteiger charge is -2.21. The van der Waals surface area contributed by atoms with Crippen molar-refractivity contribution in [1.29, 1.82) is 0 Å². The molecule has 0 fully saturated rings. The van der Waals surface area contributed by atoms with Gasteiger partial charge in [0, 0.05) is 11.1 Å². The number of hydrogen-bond donors (Lipinski definition) is 1. The van der Waals surface area contributed by atoms with Crippen LogP contribution in [-0.4, -0.2) is 35.7 Å². The van der Waals surface area contributed by atoms with Crippen molar-refractivity contribution in [1.82, 2.24) is 4.90 Å². The summed E-state index contributed by atoms with van der Waals surface area (Å²) in [7, 11) is 0. The molecule has 2 amide bonds. The monoisotopic (exact) mass is 218 g/mol. The van der Waals surface area contributed by atoms with Crippen LogP contribution in [0.4, 0.5) is 8.78 Å². The summed E-state index contributed by atoms with van der Waals surface area (Å²) in [6, 6.07) is 0. The molecule has 0 unspecified atom stereocenters. The van der Waals surface area contributed by atoms with Gasteiger partial charge in [-0.3, -0.25) is 14.5 Å². The van der Waals surface area contributed by atoms with E-state index in [1.165, 1.54) is 13.8 Å². The number of alkyl halides is 2. The van der Waals surface area contributed by atoms with Crippen LogP contribution in [-0.2, 0) is 9.59 Å². The third kappa shape index (κ3) is 2.04. The summed E-state index contributed by atoms with van der Waals surface area (Å²) >= 11 is 0. The molecule has 0 aromatic rings. The van der Waals surface area contributed by atoms with E-state index in [9.17, 15) is 18.4 Å². The molecule has 1 aliphatic rings. The van der Waals surface area contributed by atoms with Gasteiger partial charge in [-0.2, -0.15) is 0 Å². The van der Waals surface area contributed by atoms with Crippen LogP contribution in [0, 0.1) is 0 Å². The molecule has 2 N–H and O–H groups in total. The molecule has 4 nitrogen and oxygen atoms in total. The van der Waals surface area contributed by atoms with Gasteiger partial charge in [-0.15, -0.1) is 0 Å². The van der Waals surface area contributed by atoms with Crippen molar-refractivity contribution in [2.75, 3.05) is 13.1 Å². The number of amides is 2. The smallest absolute Gasteiger partial charge is 0.277 e. The fourth-order valence-corrected chi connectivity index (χ4v) is 1.26. The molecule has 6 heteroatoms. The molecule has 15 heavy (non-hydrogen) atoms. The maximum absolute atomic E-state index is 12.9. The molecule has 0 atom stereocenters. The fraction of sp³-hybridized carbons (Fsp3) is 0.556. The Kier molecular flexibility index (Phi) is 2.90. The molecular formula is C9H12F2N2O2. The van der Waals surface area contributed by atoms with E-state index >= 15 is 0 Å². The number of carbonyl (C=O) groups is 2. The van der Waals surface area contributed by atoms with E-state index in [2.05, 4.69) is 0 Å². The number of nitrogens with zero attached hydrogens (tertiary/aromatic N) is 1. The van der Waals surface area contributed by atoms with Crippen LogP contribution in [0.5, 0.6) is 0 Å². The van der Waals surface area contributed by atoms with E-state index in [1.807, 2.05) is 0 Å². The molecule has 0 saturated heterocycles. The minimum absolute atomic E-state index is 0.216. The molecule has 1 aliphatic heterocycles. The van der Waals surface area contributed by atoms with Crippen molar-refractivity contribution in [2.45, 2.75) is 19.8 Å². The standard InChI is InChI=1S/C9H12F2N2O2/c1-5-6(2)8(15)13(7(5)14)4-9(10,11)3-12/h3-4,12H2,1-2H3. The predicted molar refractivity (Wildman–Crippen MR) is 49.1 cm³/mol. The normalized spacial score (nSPS) is 18.1. The SMILES string of the molecule is CC1=C(C)C(=O)N(CC(F)(F)CN)C1=O. The van der Waals surface area contributed by atoms with Gasteiger partial charge in [0.25, 0.3) is 17.7 Å². The topological polar surface area (TPSA) is 63.4 Å². The van der Waals surface area contributed by atoms with Gasteiger partial charge in [-0.1, -0.05) is 0 Å². The first-order chi connectivity index (χ1) is 6.80. The minimum Gasteiger partial charge on any atom is -0.325 e. The van der Waals surface area contributed by atoms with Crippen molar-refractivity contribution >= 4 is 11.8 Å². The largest absolute Gasteiger partial charge is 0.325 e. The Morgan fingerprint density at radius 3 is 1.93 bits per heavy atom. The summed E-state index contributed by atoms with van der Waals surface area (Å²) in [5.41, 5.74) is 5.26. The predicted octanol–water partition coefficient (Wildman–Crippen LogP) is 0.286. The Labute approximate surface area is 85.7 Å². The number of hydrogen-bond acceptors (Lipinski definition) is 3. The lowest BCUT2D eigenvalue weighted by atomic mass is 10.2. The van der Waals surface area contributed by atoms with E-state index in [4.69, 9.17) is 5.73 Å². The van der Waals surface area contributed by atoms with Gasteiger partial charge in [-0.25, -0.2) is 8.78 Å². The molecule has 0 bridgehead atoms. The molecule has 0 aromatic carbocycles. The number of nitrogens with two attached hydrogens (primary N) is 1. The molecular weight excluding hydrogens is 206 g/mol. The number of imide groups is 1.